The topological polar surface area (TPSA) is 44.5 Å². The first-order valence-electron chi connectivity index (χ1n) is 5.88. The Morgan fingerprint density at radius 3 is 1.90 bits per heavy atom. The Morgan fingerprint density at radius 2 is 1.52 bits per heavy atom. The van der Waals surface area contributed by atoms with Crippen LogP contribution in [0.15, 0.2) is 18.2 Å². The van der Waals surface area contributed by atoms with Gasteiger partial charge in [0.2, 0.25) is 0 Å². The van der Waals surface area contributed by atoms with Crippen molar-refractivity contribution in [2.45, 2.75) is 24.7 Å². The minimum Gasteiger partial charge on any atom is -0.346 e. The predicted octanol–water partition coefficient (Wildman–Crippen LogP) is 3.10. The van der Waals surface area contributed by atoms with Crippen LogP contribution < -0.4 is 5.73 Å². The summed E-state index contributed by atoms with van der Waals surface area (Å²) in [5.74, 6) is 0. The molecule has 118 valence electrons. The minimum atomic E-state index is -4.90. The van der Waals surface area contributed by atoms with Crippen molar-refractivity contribution >= 4 is 0 Å². The summed E-state index contributed by atoms with van der Waals surface area (Å²) in [6, 6.07) is 1.22. The van der Waals surface area contributed by atoms with Crippen molar-refractivity contribution in [3.63, 3.8) is 0 Å². The van der Waals surface area contributed by atoms with Gasteiger partial charge in [-0.2, -0.15) is 26.3 Å². The zero-order chi connectivity index (χ0) is 15.8. The van der Waals surface area contributed by atoms with Crippen molar-refractivity contribution in [3.8, 4) is 0 Å². The zero-order valence-corrected chi connectivity index (χ0v) is 10.5. The van der Waals surface area contributed by atoms with Crippen LogP contribution in [0, 0.1) is 0 Å². The lowest BCUT2D eigenvalue weighted by molar-refractivity contribution is -0.143. The van der Waals surface area contributed by atoms with Crippen LogP contribution in [0.2, 0.25) is 0 Å². The Bertz CT molecular complexity index is 481. The van der Waals surface area contributed by atoms with E-state index in [1.165, 1.54) is 0 Å². The molecule has 1 saturated heterocycles. The molecule has 0 bridgehead atoms. The molecule has 1 aliphatic heterocycles. The normalized spacial score (nSPS) is 23.6. The SMILES string of the molecule is NCC1COC(c2cc(C(F)(F)F)cc(C(F)(F)F)c2)O1. The van der Waals surface area contributed by atoms with E-state index >= 15 is 0 Å². The van der Waals surface area contributed by atoms with Crippen molar-refractivity contribution in [2.75, 3.05) is 13.2 Å². The highest BCUT2D eigenvalue weighted by molar-refractivity contribution is 5.34. The molecule has 21 heavy (non-hydrogen) atoms. The van der Waals surface area contributed by atoms with Gasteiger partial charge in [0.1, 0.15) is 0 Å². The number of halogens is 6. The fourth-order valence-corrected chi connectivity index (χ4v) is 1.86. The molecule has 0 saturated carbocycles. The van der Waals surface area contributed by atoms with Gasteiger partial charge in [-0.1, -0.05) is 0 Å². The van der Waals surface area contributed by atoms with Gasteiger partial charge in [0.15, 0.2) is 6.29 Å². The molecule has 0 aliphatic carbocycles. The van der Waals surface area contributed by atoms with Gasteiger partial charge in [0.05, 0.1) is 23.8 Å². The molecular formula is C12H11F6NO2. The van der Waals surface area contributed by atoms with Gasteiger partial charge in [-0.05, 0) is 18.2 Å². The summed E-state index contributed by atoms with van der Waals surface area (Å²) in [6.45, 7) is 0.0698. The average Bonchev–Trinajstić information content (AvgIpc) is 2.85. The first-order valence-corrected chi connectivity index (χ1v) is 5.88. The molecule has 1 heterocycles. The lowest BCUT2D eigenvalue weighted by atomic mass is 10.0. The van der Waals surface area contributed by atoms with Crippen LogP contribution in [-0.2, 0) is 21.8 Å². The van der Waals surface area contributed by atoms with E-state index < -0.39 is 35.9 Å². The maximum absolute atomic E-state index is 12.7. The number of ether oxygens (including phenoxy) is 2. The van der Waals surface area contributed by atoms with Crippen molar-refractivity contribution in [3.05, 3.63) is 34.9 Å². The average molecular weight is 315 g/mol. The van der Waals surface area contributed by atoms with Crippen molar-refractivity contribution in [1.29, 1.82) is 0 Å². The maximum Gasteiger partial charge on any atom is 0.416 e. The van der Waals surface area contributed by atoms with E-state index in [-0.39, 0.29) is 24.8 Å². The van der Waals surface area contributed by atoms with E-state index in [1.54, 1.807) is 0 Å². The number of rotatable bonds is 2. The lowest BCUT2D eigenvalue weighted by Crippen LogP contribution is -2.21. The molecule has 1 aromatic carbocycles. The molecule has 0 radical (unpaired) electrons. The maximum atomic E-state index is 12.7. The molecule has 0 amide bonds. The van der Waals surface area contributed by atoms with Crippen molar-refractivity contribution < 1.29 is 35.8 Å². The van der Waals surface area contributed by atoms with Crippen molar-refractivity contribution in [1.82, 2.24) is 0 Å². The standard InChI is InChI=1S/C12H11F6NO2/c13-11(14,15)7-1-6(2-8(3-7)12(16,17)18)10-20-5-9(4-19)21-10/h1-3,9-10H,4-5,19H2. The van der Waals surface area contributed by atoms with Gasteiger partial charge in [0.25, 0.3) is 0 Å². The highest BCUT2D eigenvalue weighted by Gasteiger charge is 2.38. The summed E-state index contributed by atoms with van der Waals surface area (Å²) in [6.07, 6.45) is -11.6. The monoisotopic (exact) mass is 315 g/mol. The quantitative estimate of drug-likeness (QED) is 0.853. The van der Waals surface area contributed by atoms with Gasteiger partial charge in [-0.15, -0.1) is 0 Å². The number of nitrogens with two attached hydrogens (primary N) is 1. The van der Waals surface area contributed by atoms with Crippen LogP contribution in [0.4, 0.5) is 26.3 Å². The largest absolute Gasteiger partial charge is 0.416 e. The Kier molecular flexibility index (Phi) is 4.18. The summed E-state index contributed by atoms with van der Waals surface area (Å²) < 4.78 is 86.4. The second kappa shape index (κ2) is 5.47. The van der Waals surface area contributed by atoms with Crippen molar-refractivity contribution in [2.24, 2.45) is 5.73 Å². The Balaban J connectivity index is 2.41. The first-order chi connectivity index (χ1) is 9.61. The molecule has 9 heteroatoms. The molecule has 2 unspecified atom stereocenters. The Morgan fingerprint density at radius 1 is 1.00 bits per heavy atom. The van der Waals surface area contributed by atoms with Crippen LogP contribution >= 0.6 is 0 Å². The summed E-state index contributed by atoms with van der Waals surface area (Å²) in [5, 5.41) is 0. The molecule has 1 aromatic rings. The van der Waals surface area contributed by atoms with Crippen LogP contribution in [-0.4, -0.2) is 19.3 Å². The highest BCUT2D eigenvalue weighted by Crippen LogP contribution is 2.39. The molecule has 0 spiro atoms. The molecule has 1 fully saturated rings. The second-order valence-electron chi connectivity index (χ2n) is 4.50. The molecular weight excluding hydrogens is 304 g/mol. The van der Waals surface area contributed by atoms with Gasteiger partial charge >= 0.3 is 12.4 Å². The lowest BCUT2D eigenvalue weighted by Gasteiger charge is -2.17. The summed E-state index contributed by atoms with van der Waals surface area (Å²) in [5.41, 5.74) is 2.15. The Hall–Kier alpha value is -1.32. The predicted molar refractivity (Wildman–Crippen MR) is 59.1 cm³/mol. The smallest absolute Gasteiger partial charge is 0.346 e. The molecule has 2 atom stereocenters. The number of hydrogen-bond donors (Lipinski definition) is 1. The minimum absolute atomic E-state index is 0.0127. The van der Waals surface area contributed by atoms with E-state index in [4.69, 9.17) is 15.2 Å². The number of alkyl halides is 6. The highest BCUT2D eigenvalue weighted by atomic mass is 19.4. The molecule has 0 aromatic heterocycles. The van der Waals surface area contributed by atoms with Gasteiger partial charge in [-0.25, -0.2) is 0 Å². The Labute approximate surface area is 115 Å². The summed E-state index contributed by atoms with van der Waals surface area (Å²) >= 11 is 0. The first kappa shape index (κ1) is 16.1. The van der Waals surface area contributed by atoms with Gasteiger partial charge in [-0.3, -0.25) is 0 Å². The van der Waals surface area contributed by atoms with Crippen LogP contribution in [0.25, 0.3) is 0 Å². The van der Waals surface area contributed by atoms with E-state index in [0.717, 1.165) is 0 Å². The fraction of sp³-hybridized carbons (Fsp3) is 0.500. The number of hydrogen-bond acceptors (Lipinski definition) is 3. The number of benzene rings is 1. The third-order valence-electron chi connectivity index (χ3n) is 2.89. The molecule has 3 nitrogen and oxygen atoms in total. The van der Waals surface area contributed by atoms with E-state index in [0.29, 0.717) is 12.1 Å². The van der Waals surface area contributed by atoms with Gasteiger partial charge < -0.3 is 15.2 Å². The van der Waals surface area contributed by atoms with Gasteiger partial charge in [0, 0.05) is 12.1 Å². The van der Waals surface area contributed by atoms with E-state index in [9.17, 15) is 26.3 Å². The van der Waals surface area contributed by atoms with E-state index in [1.807, 2.05) is 0 Å². The van der Waals surface area contributed by atoms with Crippen LogP contribution in [0.3, 0.4) is 0 Å². The third kappa shape index (κ3) is 3.66. The zero-order valence-electron chi connectivity index (χ0n) is 10.5. The van der Waals surface area contributed by atoms with E-state index in [2.05, 4.69) is 0 Å². The molecule has 2 N–H and O–H groups in total. The van der Waals surface area contributed by atoms with Crippen LogP contribution in [0.5, 0.6) is 0 Å². The molecule has 1 aliphatic rings. The fourth-order valence-electron chi connectivity index (χ4n) is 1.86. The second-order valence-corrected chi connectivity index (χ2v) is 4.50. The summed E-state index contributed by atoms with van der Waals surface area (Å²) in [7, 11) is 0. The molecule has 2 rings (SSSR count). The third-order valence-corrected chi connectivity index (χ3v) is 2.89. The van der Waals surface area contributed by atoms with Crippen LogP contribution in [0.1, 0.15) is 23.0 Å². The summed E-state index contributed by atoms with van der Waals surface area (Å²) in [4.78, 5) is 0.